The zero-order chi connectivity index (χ0) is 19.4. The Balaban J connectivity index is 2.45. The van der Waals surface area contributed by atoms with Gasteiger partial charge in [-0.2, -0.15) is 0 Å². The smallest absolute Gasteiger partial charge is 0.265 e. The van der Waals surface area contributed by atoms with Crippen LogP contribution in [0.1, 0.15) is 32.8 Å². The van der Waals surface area contributed by atoms with Gasteiger partial charge in [0.25, 0.3) is 11.8 Å². The highest BCUT2D eigenvalue weighted by Crippen LogP contribution is 2.38. The van der Waals surface area contributed by atoms with E-state index in [0.29, 0.717) is 28.1 Å². The second-order valence-corrected chi connectivity index (χ2v) is 7.02. The lowest BCUT2D eigenvalue weighted by atomic mass is 10.1. The van der Waals surface area contributed by atoms with Crippen molar-refractivity contribution < 1.29 is 19.1 Å². The standard InChI is InChI=1S/C18H21BrN2O4S/c1-5-10(3)25-15-13(19)8-11(9-14(15)24-6-2)7-12-16(22)20-18(26)21(4)17(12)23/h7-10H,5-6H2,1-4H3,(H,20,22,26)/b12-7+/t10-/m0/s1. The number of rotatable bonds is 6. The van der Waals surface area contributed by atoms with E-state index in [4.69, 9.17) is 21.7 Å². The molecule has 1 atom stereocenters. The van der Waals surface area contributed by atoms with E-state index in [1.54, 1.807) is 12.1 Å². The van der Waals surface area contributed by atoms with Crippen molar-refractivity contribution in [2.45, 2.75) is 33.3 Å². The minimum Gasteiger partial charge on any atom is -0.490 e. The van der Waals surface area contributed by atoms with Crippen LogP contribution in [0.2, 0.25) is 0 Å². The lowest BCUT2D eigenvalue weighted by Gasteiger charge is -2.25. The summed E-state index contributed by atoms with van der Waals surface area (Å²) in [5, 5.41) is 2.58. The minimum absolute atomic E-state index is 0.00560. The van der Waals surface area contributed by atoms with Gasteiger partial charge in [0, 0.05) is 7.05 Å². The Morgan fingerprint density at radius 3 is 2.65 bits per heavy atom. The fourth-order valence-electron chi connectivity index (χ4n) is 2.25. The predicted octanol–water partition coefficient (Wildman–Crippen LogP) is 3.28. The van der Waals surface area contributed by atoms with Crippen LogP contribution < -0.4 is 14.8 Å². The SMILES string of the molecule is CCOc1cc(/C=C2\C(=O)NC(=S)N(C)C2=O)cc(Br)c1O[C@@H](C)CC. The Morgan fingerprint density at radius 1 is 1.35 bits per heavy atom. The lowest BCUT2D eigenvalue weighted by molar-refractivity contribution is -0.128. The van der Waals surface area contributed by atoms with Gasteiger partial charge in [0.15, 0.2) is 16.6 Å². The van der Waals surface area contributed by atoms with Gasteiger partial charge >= 0.3 is 0 Å². The van der Waals surface area contributed by atoms with Crippen LogP contribution >= 0.6 is 28.1 Å². The maximum absolute atomic E-state index is 12.3. The molecule has 8 heteroatoms. The molecule has 0 aliphatic carbocycles. The maximum atomic E-state index is 12.3. The number of hydrogen-bond donors (Lipinski definition) is 1. The molecule has 2 amide bonds. The van der Waals surface area contributed by atoms with E-state index < -0.39 is 11.8 Å². The van der Waals surface area contributed by atoms with Gasteiger partial charge in [-0.25, -0.2) is 0 Å². The number of thiocarbonyl (C=S) groups is 1. The average Bonchev–Trinajstić information content (AvgIpc) is 2.59. The van der Waals surface area contributed by atoms with Crippen LogP contribution in [-0.4, -0.2) is 41.6 Å². The molecule has 1 N–H and O–H groups in total. The molecule has 0 radical (unpaired) electrons. The van der Waals surface area contributed by atoms with Crippen molar-refractivity contribution in [2.24, 2.45) is 0 Å². The molecule has 1 aromatic carbocycles. The van der Waals surface area contributed by atoms with E-state index in [1.807, 2.05) is 20.8 Å². The molecule has 26 heavy (non-hydrogen) atoms. The molecule has 1 fully saturated rings. The molecular formula is C18H21BrN2O4S. The molecule has 6 nitrogen and oxygen atoms in total. The average molecular weight is 441 g/mol. The number of likely N-dealkylation sites (N-methyl/N-ethyl adjacent to an activating group) is 1. The van der Waals surface area contributed by atoms with Gasteiger partial charge in [0.2, 0.25) is 0 Å². The van der Waals surface area contributed by atoms with Crippen molar-refractivity contribution in [3.05, 3.63) is 27.7 Å². The first kappa shape index (κ1) is 20.4. The molecule has 0 aromatic heterocycles. The fraction of sp³-hybridized carbons (Fsp3) is 0.389. The topological polar surface area (TPSA) is 67.9 Å². The normalized spacial score (nSPS) is 17.3. The van der Waals surface area contributed by atoms with Gasteiger partial charge in [-0.05, 0) is 72.2 Å². The first-order valence-electron chi connectivity index (χ1n) is 8.26. The second-order valence-electron chi connectivity index (χ2n) is 5.78. The van der Waals surface area contributed by atoms with Gasteiger partial charge in [-0.15, -0.1) is 0 Å². The van der Waals surface area contributed by atoms with Crippen molar-refractivity contribution in [3.63, 3.8) is 0 Å². The van der Waals surface area contributed by atoms with Crippen molar-refractivity contribution in [1.29, 1.82) is 0 Å². The van der Waals surface area contributed by atoms with Crippen LogP contribution in [0.3, 0.4) is 0 Å². The van der Waals surface area contributed by atoms with E-state index in [0.717, 1.165) is 6.42 Å². The fourth-order valence-corrected chi connectivity index (χ4v) is 2.97. The van der Waals surface area contributed by atoms with E-state index in [1.165, 1.54) is 18.0 Å². The second kappa shape index (κ2) is 8.64. The van der Waals surface area contributed by atoms with Crippen LogP contribution in [0.5, 0.6) is 11.5 Å². The van der Waals surface area contributed by atoms with Crippen LogP contribution in [-0.2, 0) is 9.59 Å². The maximum Gasteiger partial charge on any atom is 0.265 e. The van der Waals surface area contributed by atoms with Crippen LogP contribution in [0, 0.1) is 0 Å². The minimum atomic E-state index is -0.521. The zero-order valence-corrected chi connectivity index (χ0v) is 17.5. The van der Waals surface area contributed by atoms with Gasteiger partial charge in [-0.1, -0.05) is 6.92 Å². The van der Waals surface area contributed by atoms with Crippen molar-refractivity contribution in [2.75, 3.05) is 13.7 Å². The molecule has 2 rings (SSSR count). The Bertz CT molecular complexity index is 779. The quantitative estimate of drug-likeness (QED) is 0.417. The van der Waals surface area contributed by atoms with Gasteiger partial charge in [0.1, 0.15) is 5.57 Å². The highest BCUT2D eigenvalue weighted by molar-refractivity contribution is 9.10. The monoisotopic (exact) mass is 440 g/mol. The Kier molecular flexibility index (Phi) is 6.77. The molecule has 140 valence electrons. The number of amides is 2. The summed E-state index contributed by atoms with van der Waals surface area (Å²) in [5.74, 6) is 0.169. The molecule has 1 heterocycles. The highest BCUT2D eigenvalue weighted by Gasteiger charge is 2.30. The summed E-state index contributed by atoms with van der Waals surface area (Å²) >= 11 is 8.44. The molecule has 1 aliphatic heterocycles. The summed E-state index contributed by atoms with van der Waals surface area (Å²) in [7, 11) is 1.52. The van der Waals surface area contributed by atoms with Crippen LogP contribution in [0.4, 0.5) is 0 Å². The van der Waals surface area contributed by atoms with Crippen molar-refractivity contribution in [1.82, 2.24) is 10.2 Å². The molecular weight excluding hydrogens is 420 g/mol. The van der Waals surface area contributed by atoms with E-state index in [9.17, 15) is 9.59 Å². The Hall–Kier alpha value is -1.93. The first-order chi connectivity index (χ1) is 12.3. The van der Waals surface area contributed by atoms with E-state index in [2.05, 4.69) is 21.2 Å². The Labute approximate surface area is 166 Å². The van der Waals surface area contributed by atoms with Gasteiger partial charge in [-0.3, -0.25) is 19.8 Å². The van der Waals surface area contributed by atoms with Crippen LogP contribution in [0.15, 0.2) is 22.2 Å². The summed E-state index contributed by atoms with van der Waals surface area (Å²) in [4.78, 5) is 25.7. The van der Waals surface area contributed by atoms with E-state index >= 15 is 0 Å². The number of halogens is 1. The third kappa shape index (κ3) is 4.42. The molecule has 1 saturated heterocycles. The highest BCUT2D eigenvalue weighted by atomic mass is 79.9. The van der Waals surface area contributed by atoms with Crippen LogP contribution in [0.25, 0.3) is 6.08 Å². The lowest BCUT2D eigenvalue weighted by Crippen LogP contribution is -2.52. The zero-order valence-electron chi connectivity index (χ0n) is 15.1. The van der Waals surface area contributed by atoms with Gasteiger partial charge < -0.3 is 9.47 Å². The number of hydrogen-bond acceptors (Lipinski definition) is 5. The molecule has 0 bridgehead atoms. The largest absolute Gasteiger partial charge is 0.490 e. The molecule has 1 aliphatic rings. The molecule has 0 saturated carbocycles. The Morgan fingerprint density at radius 2 is 2.04 bits per heavy atom. The molecule has 1 aromatic rings. The first-order valence-corrected chi connectivity index (χ1v) is 9.46. The predicted molar refractivity (Wildman–Crippen MR) is 107 cm³/mol. The summed E-state index contributed by atoms with van der Waals surface area (Å²) < 4.78 is 12.3. The number of benzene rings is 1. The number of carbonyl (C=O) groups is 2. The summed E-state index contributed by atoms with van der Waals surface area (Å²) in [6.45, 7) is 6.34. The number of carbonyl (C=O) groups excluding carboxylic acids is 2. The number of ether oxygens (including phenoxy) is 2. The molecule has 0 unspecified atom stereocenters. The number of nitrogens with zero attached hydrogens (tertiary/aromatic N) is 1. The third-order valence-electron chi connectivity index (χ3n) is 3.84. The number of nitrogens with one attached hydrogen (secondary N) is 1. The third-order valence-corrected chi connectivity index (χ3v) is 4.81. The summed E-state index contributed by atoms with van der Waals surface area (Å²) in [5.41, 5.74) is 0.641. The van der Waals surface area contributed by atoms with Gasteiger partial charge in [0.05, 0.1) is 17.2 Å². The van der Waals surface area contributed by atoms with E-state index in [-0.39, 0.29) is 16.8 Å². The summed E-state index contributed by atoms with van der Waals surface area (Å²) in [6, 6.07) is 3.52. The summed E-state index contributed by atoms with van der Waals surface area (Å²) in [6.07, 6.45) is 2.39. The van der Waals surface area contributed by atoms with Crippen molar-refractivity contribution >= 4 is 51.2 Å². The van der Waals surface area contributed by atoms with Crippen molar-refractivity contribution in [3.8, 4) is 11.5 Å². The molecule has 0 spiro atoms.